The average Bonchev–Trinajstić information content (AvgIpc) is 3.15. The Balaban J connectivity index is 1.70. The Morgan fingerprint density at radius 1 is 1.27 bits per heavy atom. The summed E-state index contributed by atoms with van der Waals surface area (Å²) < 4.78 is 41.8. The second-order valence-corrected chi connectivity index (χ2v) is 5.89. The van der Waals surface area contributed by atoms with Gasteiger partial charge in [-0.15, -0.1) is 0 Å². The molecular formula is C16H17F3N6O. The highest BCUT2D eigenvalue weighted by Crippen LogP contribution is 2.29. The molecule has 7 nitrogen and oxygen atoms in total. The summed E-state index contributed by atoms with van der Waals surface area (Å²) in [6, 6.07) is 4.02. The van der Waals surface area contributed by atoms with Gasteiger partial charge in [-0.25, -0.2) is 9.50 Å². The molecule has 3 rings (SSSR count). The molecule has 10 heteroatoms. The fourth-order valence-corrected chi connectivity index (χ4v) is 2.57. The summed E-state index contributed by atoms with van der Waals surface area (Å²) in [5, 5.41) is 10.6. The molecule has 26 heavy (non-hydrogen) atoms. The summed E-state index contributed by atoms with van der Waals surface area (Å²) in [5.74, 6) is -0.543. The number of aromatic nitrogens is 5. The van der Waals surface area contributed by atoms with Crippen LogP contribution in [0.15, 0.2) is 24.4 Å². The van der Waals surface area contributed by atoms with E-state index < -0.39 is 17.8 Å². The van der Waals surface area contributed by atoms with E-state index in [0.29, 0.717) is 24.0 Å². The van der Waals surface area contributed by atoms with Gasteiger partial charge < -0.3 is 5.32 Å². The number of hydrogen-bond donors (Lipinski definition) is 1. The van der Waals surface area contributed by atoms with E-state index in [0.717, 1.165) is 11.8 Å². The molecule has 0 aliphatic carbocycles. The van der Waals surface area contributed by atoms with Crippen molar-refractivity contribution in [2.75, 3.05) is 6.54 Å². The van der Waals surface area contributed by atoms with Gasteiger partial charge in [0.2, 0.25) is 0 Å². The molecule has 0 spiro atoms. The molecule has 138 valence electrons. The highest BCUT2D eigenvalue weighted by molar-refractivity contribution is 5.93. The van der Waals surface area contributed by atoms with Gasteiger partial charge in [-0.2, -0.15) is 23.4 Å². The number of carbonyl (C=O) groups excluding carboxylic acids is 1. The van der Waals surface area contributed by atoms with Crippen LogP contribution in [0.1, 0.15) is 34.0 Å². The Hall–Kier alpha value is -2.91. The number of rotatable bonds is 5. The van der Waals surface area contributed by atoms with Gasteiger partial charge in [0, 0.05) is 36.7 Å². The van der Waals surface area contributed by atoms with Crippen molar-refractivity contribution in [1.29, 1.82) is 0 Å². The Morgan fingerprint density at radius 2 is 2.04 bits per heavy atom. The first-order chi connectivity index (χ1) is 12.3. The first kappa shape index (κ1) is 17.9. The zero-order chi connectivity index (χ0) is 18.9. The Morgan fingerprint density at radius 3 is 2.69 bits per heavy atom. The van der Waals surface area contributed by atoms with Crippen LogP contribution >= 0.6 is 0 Å². The molecule has 0 atom stereocenters. The van der Waals surface area contributed by atoms with Crippen LogP contribution < -0.4 is 5.32 Å². The first-order valence-corrected chi connectivity index (χ1v) is 7.97. The molecule has 0 radical (unpaired) electrons. The molecule has 0 saturated carbocycles. The van der Waals surface area contributed by atoms with E-state index in [-0.39, 0.29) is 17.0 Å². The lowest BCUT2D eigenvalue weighted by molar-refractivity contribution is -0.142. The van der Waals surface area contributed by atoms with E-state index in [2.05, 4.69) is 20.5 Å². The van der Waals surface area contributed by atoms with E-state index in [9.17, 15) is 18.0 Å². The topological polar surface area (TPSA) is 77.1 Å². The molecule has 1 amide bonds. The van der Waals surface area contributed by atoms with Crippen LogP contribution in [-0.2, 0) is 12.7 Å². The van der Waals surface area contributed by atoms with Crippen LogP contribution in [0.3, 0.4) is 0 Å². The van der Waals surface area contributed by atoms with E-state index in [1.165, 1.54) is 13.0 Å². The van der Waals surface area contributed by atoms with Gasteiger partial charge >= 0.3 is 6.18 Å². The predicted molar refractivity (Wildman–Crippen MR) is 86.6 cm³/mol. The maximum atomic E-state index is 13.1. The van der Waals surface area contributed by atoms with Crippen molar-refractivity contribution in [3.05, 3.63) is 47.2 Å². The first-order valence-electron chi connectivity index (χ1n) is 7.97. The average molecular weight is 366 g/mol. The largest absolute Gasteiger partial charge is 0.433 e. The number of hydrogen-bond acceptors (Lipinski definition) is 4. The molecule has 0 aliphatic rings. The third-order valence-corrected chi connectivity index (χ3v) is 3.84. The number of aryl methyl sites for hydroxylation is 3. The minimum Gasteiger partial charge on any atom is -0.351 e. The lowest BCUT2D eigenvalue weighted by Gasteiger charge is -2.09. The third kappa shape index (κ3) is 3.68. The van der Waals surface area contributed by atoms with Gasteiger partial charge in [-0.3, -0.25) is 9.48 Å². The summed E-state index contributed by atoms with van der Waals surface area (Å²) in [5.41, 5.74) is 0.121. The molecule has 0 fully saturated rings. The number of carbonyl (C=O) groups is 1. The number of alkyl halides is 3. The van der Waals surface area contributed by atoms with Crippen molar-refractivity contribution in [2.24, 2.45) is 0 Å². The molecular weight excluding hydrogens is 349 g/mol. The summed E-state index contributed by atoms with van der Waals surface area (Å²) >= 11 is 0. The third-order valence-electron chi connectivity index (χ3n) is 3.84. The summed E-state index contributed by atoms with van der Waals surface area (Å²) in [7, 11) is 0. The van der Waals surface area contributed by atoms with E-state index in [1.54, 1.807) is 10.9 Å². The summed E-state index contributed by atoms with van der Waals surface area (Å²) in [6.45, 7) is 4.36. The van der Waals surface area contributed by atoms with Crippen molar-refractivity contribution >= 4 is 11.6 Å². The van der Waals surface area contributed by atoms with E-state index in [1.807, 2.05) is 13.0 Å². The number of fused-ring (bicyclic) bond motifs is 1. The zero-order valence-electron chi connectivity index (χ0n) is 14.2. The van der Waals surface area contributed by atoms with Crippen molar-refractivity contribution in [1.82, 2.24) is 29.7 Å². The number of halogens is 3. The van der Waals surface area contributed by atoms with Crippen molar-refractivity contribution in [3.8, 4) is 0 Å². The zero-order valence-corrected chi connectivity index (χ0v) is 14.2. The smallest absolute Gasteiger partial charge is 0.351 e. The summed E-state index contributed by atoms with van der Waals surface area (Å²) in [4.78, 5) is 16.2. The van der Waals surface area contributed by atoms with Crippen LogP contribution in [0.25, 0.3) is 5.65 Å². The quantitative estimate of drug-likeness (QED) is 0.704. The van der Waals surface area contributed by atoms with Gasteiger partial charge in [0.05, 0.1) is 0 Å². The molecule has 0 bridgehead atoms. The second-order valence-electron chi connectivity index (χ2n) is 5.89. The lowest BCUT2D eigenvalue weighted by Crippen LogP contribution is -2.26. The Kier molecular flexibility index (Phi) is 4.66. The van der Waals surface area contributed by atoms with E-state index >= 15 is 0 Å². The summed E-state index contributed by atoms with van der Waals surface area (Å²) in [6.07, 6.45) is -2.27. The molecule has 3 heterocycles. The molecule has 3 aromatic rings. The fraction of sp³-hybridized carbons (Fsp3) is 0.375. The van der Waals surface area contributed by atoms with Gasteiger partial charge in [-0.1, -0.05) is 0 Å². The number of amides is 1. The van der Waals surface area contributed by atoms with Crippen LogP contribution in [0, 0.1) is 13.8 Å². The molecule has 3 aromatic heterocycles. The normalized spacial score (nSPS) is 11.9. The van der Waals surface area contributed by atoms with Gasteiger partial charge in [0.25, 0.3) is 5.91 Å². The van der Waals surface area contributed by atoms with Crippen molar-refractivity contribution < 1.29 is 18.0 Å². The Labute approximate surface area is 146 Å². The molecule has 0 unspecified atom stereocenters. The van der Waals surface area contributed by atoms with Gasteiger partial charge in [0.15, 0.2) is 11.3 Å². The fourth-order valence-electron chi connectivity index (χ4n) is 2.57. The van der Waals surface area contributed by atoms with E-state index in [4.69, 9.17) is 0 Å². The van der Waals surface area contributed by atoms with Crippen LogP contribution in [0.5, 0.6) is 0 Å². The second kappa shape index (κ2) is 6.77. The van der Waals surface area contributed by atoms with Crippen LogP contribution in [0.4, 0.5) is 13.2 Å². The van der Waals surface area contributed by atoms with Crippen LogP contribution in [0.2, 0.25) is 0 Å². The maximum absolute atomic E-state index is 13.1. The van der Waals surface area contributed by atoms with Gasteiger partial charge in [-0.05, 0) is 32.4 Å². The van der Waals surface area contributed by atoms with Crippen LogP contribution in [-0.4, -0.2) is 36.8 Å². The molecule has 1 N–H and O–H groups in total. The highest BCUT2D eigenvalue weighted by atomic mass is 19.4. The minimum atomic E-state index is -4.59. The van der Waals surface area contributed by atoms with Gasteiger partial charge in [0.1, 0.15) is 5.69 Å². The monoisotopic (exact) mass is 366 g/mol. The maximum Gasteiger partial charge on any atom is 0.433 e. The number of nitrogens with zero attached hydrogens (tertiary/aromatic N) is 5. The molecule has 0 aromatic carbocycles. The van der Waals surface area contributed by atoms with Crippen molar-refractivity contribution in [3.63, 3.8) is 0 Å². The highest BCUT2D eigenvalue weighted by Gasteiger charge is 2.35. The lowest BCUT2D eigenvalue weighted by atomic mass is 10.3. The Bertz CT molecular complexity index is 943. The minimum absolute atomic E-state index is 0.0189. The molecule has 0 aliphatic heterocycles. The van der Waals surface area contributed by atoms with Crippen molar-refractivity contribution in [2.45, 2.75) is 33.0 Å². The molecule has 0 saturated heterocycles. The SMILES string of the molecule is Cc1cc(C(F)(F)F)n2nc(C(=O)NCCCn3nccc3C)cc2n1. The number of nitrogens with one attached hydrogen (secondary N) is 1. The standard InChI is InChI=1S/C16H17F3N6O/c1-10-8-13(16(17,18)19)25-14(22-10)9-12(23-25)15(26)20-5-3-7-24-11(2)4-6-21-24/h4,6,8-9H,3,5,7H2,1-2H3,(H,20,26). The predicted octanol–water partition coefficient (Wildman–Crippen LogP) is 2.38.